The molecule has 0 heterocycles. The predicted molar refractivity (Wildman–Crippen MR) is 65.7 cm³/mol. The number of urea groups is 1. The van der Waals surface area contributed by atoms with E-state index in [9.17, 15) is 14.7 Å². The Labute approximate surface area is 106 Å². The van der Waals surface area contributed by atoms with E-state index in [-0.39, 0.29) is 24.4 Å². The molecular weight excluding hydrogens is 290 g/mol. The smallest absolute Gasteiger partial charge is 0.312 e. The van der Waals surface area contributed by atoms with Crippen LogP contribution in [0.4, 0.5) is 4.79 Å². The Hall–Kier alpha value is -1.76. The lowest BCUT2D eigenvalue weighted by Gasteiger charge is -2.07. The normalized spacial score (nSPS) is 9.71. The number of hydrogen-bond acceptors (Lipinski definition) is 3. The number of nitrogens with two attached hydrogens (primary N) is 1. The van der Waals surface area contributed by atoms with Crippen LogP contribution in [0.3, 0.4) is 0 Å². The number of carbonyl (C=O) groups excluding carboxylic acids is 2. The van der Waals surface area contributed by atoms with Gasteiger partial charge in [-0.2, -0.15) is 0 Å². The summed E-state index contributed by atoms with van der Waals surface area (Å²) in [5.41, 5.74) is 5.03. The third-order valence-electron chi connectivity index (χ3n) is 1.91. The highest BCUT2D eigenvalue weighted by Gasteiger charge is 2.10. The summed E-state index contributed by atoms with van der Waals surface area (Å²) in [5, 5.41) is 14.4. The predicted octanol–water partition coefficient (Wildman–Crippen LogP) is 0.553. The number of primary amides is 1. The molecule has 1 aromatic carbocycles. The first-order chi connectivity index (χ1) is 8.00. The molecule has 1 rings (SSSR count). The number of rotatable bonds is 4. The highest BCUT2D eigenvalue weighted by molar-refractivity contribution is 9.10. The number of phenols is 1. The molecule has 0 spiro atoms. The van der Waals surface area contributed by atoms with Gasteiger partial charge in [-0.3, -0.25) is 4.79 Å². The first-order valence-electron chi connectivity index (χ1n) is 4.80. The lowest BCUT2D eigenvalue weighted by Crippen LogP contribution is -2.37. The van der Waals surface area contributed by atoms with Crippen molar-refractivity contribution in [3.05, 3.63) is 28.2 Å². The van der Waals surface area contributed by atoms with Gasteiger partial charge in [-0.05, 0) is 18.2 Å². The number of phenolic OH excluding ortho intramolecular Hbond substituents is 1. The molecule has 7 heteroatoms. The molecule has 0 fully saturated rings. The minimum atomic E-state index is -0.647. The average Bonchev–Trinajstić information content (AvgIpc) is 2.23. The lowest BCUT2D eigenvalue weighted by atomic mass is 10.2. The monoisotopic (exact) mass is 301 g/mol. The number of aromatic hydroxyl groups is 1. The quantitative estimate of drug-likeness (QED) is 0.611. The number of benzene rings is 1. The molecule has 6 nitrogen and oxygen atoms in total. The second kappa shape index (κ2) is 6.09. The SMILES string of the molecule is NC(=O)NCCNC(=O)c1ccc(Br)cc1O. The number of halogens is 1. The number of carbonyl (C=O) groups is 2. The number of amides is 3. The van der Waals surface area contributed by atoms with Gasteiger partial charge in [0.2, 0.25) is 0 Å². The maximum atomic E-state index is 11.6. The standard InChI is InChI=1S/C10H12BrN3O3/c11-6-1-2-7(8(15)5-6)9(16)13-3-4-14-10(12)17/h1-2,5,15H,3-4H2,(H,13,16)(H3,12,14,17). The molecule has 0 saturated heterocycles. The fourth-order valence-corrected chi connectivity index (χ4v) is 1.50. The van der Waals surface area contributed by atoms with Crippen molar-refractivity contribution in [1.29, 1.82) is 0 Å². The molecule has 0 saturated carbocycles. The summed E-state index contributed by atoms with van der Waals surface area (Å²) in [7, 11) is 0. The third kappa shape index (κ3) is 4.31. The fourth-order valence-electron chi connectivity index (χ4n) is 1.15. The summed E-state index contributed by atoms with van der Waals surface area (Å²) >= 11 is 3.17. The summed E-state index contributed by atoms with van der Waals surface area (Å²) < 4.78 is 0.682. The van der Waals surface area contributed by atoms with Crippen LogP contribution in [0.5, 0.6) is 5.75 Å². The van der Waals surface area contributed by atoms with Gasteiger partial charge in [0.25, 0.3) is 5.91 Å². The van der Waals surface area contributed by atoms with Crippen LogP contribution in [-0.2, 0) is 0 Å². The van der Waals surface area contributed by atoms with Crippen molar-refractivity contribution in [2.45, 2.75) is 0 Å². The van der Waals surface area contributed by atoms with Gasteiger partial charge in [0.05, 0.1) is 5.56 Å². The largest absolute Gasteiger partial charge is 0.507 e. The summed E-state index contributed by atoms with van der Waals surface area (Å²) in [4.78, 5) is 21.9. The maximum Gasteiger partial charge on any atom is 0.312 e. The van der Waals surface area contributed by atoms with E-state index in [1.807, 2.05) is 0 Å². The van der Waals surface area contributed by atoms with Gasteiger partial charge in [0.1, 0.15) is 5.75 Å². The molecule has 0 atom stereocenters. The Morgan fingerprint density at radius 1 is 1.29 bits per heavy atom. The van der Waals surface area contributed by atoms with Gasteiger partial charge in [-0.15, -0.1) is 0 Å². The van der Waals surface area contributed by atoms with Gasteiger partial charge in [-0.1, -0.05) is 15.9 Å². The minimum Gasteiger partial charge on any atom is -0.507 e. The van der Waals surface area contributed by atoms with E-state index in [1.54, 1.807) is 6.07 Å². The van der Waals surface area contributed by atoms with Crippen LogP contribution in [0.15, 0.2) is 22.7 Å². The zero-order chi connectivity index (χ0) is 12.8. The highest BCUT2D eigenvalue weighted by Crippen LogP contribution is 2.21. The molecule has 92 valence electrons. The van der Waals surface area contributed by atoms with E-state index in [1.165, 1.54) is 12.1 Å². The van der Waals surface area contributed by atoms with Crippen LogP contribution in [-0.4, -0.2) is 30.1 Å². The summed E-state index contributed by atoms with van der Waals surface area (Å²) in [6.45, 7) is 0.468. The Bertz CT molecular complexity index is 437. The van der Waals surface area contributed by atoms with E-state index in [4.69, 9.17) is 5.73 Å². The van der Waals surface area contributed by atoms with Gasteiger partial charge in [0, 0.05) is 17.6 Å². The summed E-state index contributed by atoms with van der Waals surface area (Å²) in [6, 6.07) is 3.93. The van der Waals surface area contributed by atoms with Gasteiger partial charge in [-0.25, -0.2) is 4.79 Å². The number of hydrogen-bond donors (Lipinski definition) is 4. The molecule has 0 unspecified atom stereocenters. The first kappa shape index (κ1) is 13.3. The Morgan fingerprint density at radius 3 is 2.53 bits per heavy atom. The molecule has 1 aromatic rings. The van der Waals surface area contributed by atoms with E-state index in [0.29, 0.717) is 4.47 Å². The molecule has 0 aliphatic rings. The highest BCUT2D eigenvalue weighted by atomic mass is 79.9. The molecule has 5 N–H and O–H groups in total. The van der Waals surface area contributed by atoms with Crippen molar-refractivity contribution in [2.24, 2.45) is 5.73 Å². The molecule has 0 radical (unpaired) electrons. The third-order valence-corrected chi connectivity index (χ3v) is 2.41. The van der Waals surface area contributed by atoms with Gasteiger partial charge in [0.15, 0.2) is 0 Å². The van der Waals surface area contributed by atoms with Gasteiger partial charge >= 0.3 is 6.03 Å². The van der Waals surface area contributed by atoms with Crippen LogP contribution >= 0.6 is 15.9 Å². The molecule has 3 amide bonds. The van der Waals surface area contributed by atoms with E-state index in [2.05, 4.69) is 26.6 Å². The molecule has 0 bridgehead atoms. The van der Waals surface area contributed by atoms with Crippen molar-refractivity contribution < 1.29 is 14.7 Å². The summed E-state index contributed by atoms with van der Waals surface area (Å²) in [5.74, 6) is -0.527. The zero-order valence-corrected chi connectivity index (χ0v) is 10.5. The lowest BCUT2D eigenvalue weighted by molar-refractivity contribution is 0.0951. The minimum absolute atomic E-state index is 0.111. The average molecular weight is 302 g/mol. The van der Waals surface area contributed by atoms with Crippen LogP contribution in [0, 0.1) is 0 Å². The zero-order valence-electron chi connectivity index (χ0n) is 8.87. The van der Waals surface area contributed by atoms with Crippen LogP contribution in [0.2, 0.25) is 0 Å². The van der Waals surface area contributed by atoms with Crippen LogP contribution in [0.25, 0.3) is 0 Å². The molecule has 0 aromatic heterocycles. The Balaban J connectivity index is 2.50. The second-order valence-electron chi connectivity index (χ2n) is 3.21. The maximum absolute atomic E-state index is 11.6. The van der Waals surface area contributed by atoms with Crippen molar-refractivity contribution in [3.63, 3.8) is 0 Å². The fraction of sp³-hybridized carbons (Fsp3) is 0.200. The Morgan fingerprint density at radius 2 is 1.94 bits per heavy atom. The second-order valence-corrected chi connectivity index (χ2v) is 4.12. The number of nitrogens with one attached hydrogen (secondary N) is 2. The topological polar surface area (TPSA) is 104 Å². The molecule has 17 heavy (non-hydrogen) atoms. The molecule has 0 aliphatic heterocycles. The molecule has 0 aliphatic carbocycles. The summed E-state index contributed by atoms with van der Waals surface area (Å²) in [6.07, 6.45) is 0. The van der Waals surface area contributed by atoms with E-state index in [0.717, 1.165) is 0 Å². The van der Waals surface area contributed by atoms with Gasteiger partial charge < -0.3 is 21.5 Å². The molecular formula is C10H12BrN3O3. The van der Waals surface area contributed by atoms with E-state index >= 15 is 0 Å². The van der Waals surface area contributed by atoms with Crippen molar-refractivity contribution in [1.82, 2.24) is 10.6 Å². The Kier molecular flexibility index (Phi) is 4.77. The van der Waals surface area contributed by atoms with Crippen molar-refractivity contribution >= 4 is 27.9 Å². The van der Waals surface area contributed by atoms with E-state index < -0.39 is 11.9 Å². The first-order valence-corrected chi connectivity index (χ1v) is 5.60. The van der Waals surface area contributed by atoms with Crippen LogP contribution in [0.1, 0.15) is 10.4 Å². The van der Waals surface area contributed by atoms with Crippen LogP contribution < -0.4 is 16.4 Å². The van der Waals surface area contributed by atoms with Crippen molar-refractivity contribution in [2.75, 3.05) is 13.1 Å². The van der Waals surface area contributed by atoms with Crippen molar-refractivity contribution in [3.8, 4) is 5.75 Å².